The second-order valence-electron chi connectivity index (χ2n) is 9.32. The van der Waals surface area contributed by atoms with E-state index >= 15 is 0 Å². The zero-order chi connectivity index (χ0) is 24.2. The zero-order valence-electron chi connectivity index (χ0n) is 20.2. The monoisotopic (exact) mass is 466 g/mol. The van der Waals surface area contributed by atoms with Crippen LogP contribution in [0.3, 0.4) is 0 Å². The van der Waals surface area contributed by atoms with E-state index in [1.54, 1.807) is 0 Å². The van der Waals surface area contributed by atoms with Crippen molar-refractivity contribution in [3.8, 4) is 22.9 Å². The number of hydrogen-bond acceptors (Lipinski definition) is 5. The Balaban J connectivity index is 1.15. The van der Waals surface area contributed by atoms with Crippen LogP contribution in [0.1, 0.15) is 39.9 Å². The van der Waals surface area contributed by atoms with Gasteiger partial charge in [0.2, 0.25) is 11.8 Å². The van der Waals surface area contributed by atoms with E-state index in [-0.39, 0.29) is 11.9 Å². The van der Waals surface area contributed by atoms with Gasteiger partial charge in [-0.3, -0.25) is 9.69 Å². The van der Waals surface area contributed by atoms with Gasteiger partial charge >= 0.3 is 0 Å². The maximum absolute atomic E-state index is 12.8. The number of rotatable bonds is 6. The highest BCUT2D eigenvalue weighted by atomic mass is 16.4. The van der Waals surface area contributed by atoms with E-state index in [0.717, 1.165) is 49.2 Å². The Morgan fingerprint density at radius 2 is 1.69 bits per heavy atom. The third kappa shape index (κ3) is 5.49. The molecule has 1 N–H and O–H groups in total. The topological polar surface area (TPSA) is 71.3 Å². The fourth-order valence-corrected chi connectivity index (χ4v) is 4.60. The standard InChI is InChI=1S/C29H30N4O2/c1-20-6-5-8-22(18-20)19-33-16-14-25(15-17-33)30-27(34)23-10-12-24(13-11-23)28-31-32-29(35-28)26-9-4-3-7-21(26)2/h3-13,18,25H,14-17,19H2,1-2H3,(H,30,34). The minimum Gasteiger partial charge on any atom is -0.416 e. The lowest BCUT2D eigenvalue weighted by atomic mass is 10.0. The number of aryl methyl sites for hydroxylation is 2. The maximum Gasteiger partial charge on any atom is 0.251 e. The molecule has 0 spiro atoms. The summed E-state index contributed by atoms with van der Waals surface area (Å²) in [7, 11) is 0. The minimum absolute atomic E-state index is 0.0418. The number of aromatic nitrogens is 2. The van der Waals surface area contributed by atoms with Crippen molar-refractivity contribution in [3.05, 3.63) is 95.1 Å². The van der Waals surface area contributed by atoms with Crippen molar-refractivity contribution in [2.75, 3.05) is 13.1 Å². The van der Waals surface area contributed by atoms with Gasteiger partial charge in [-0.15, -0.1) is 10.2 Å². The number of benzene rings is 3. The SMILES string of the molecule is Cc1cccc(CN2CCC(NC(=O)c3ccc(-c4nnc(-c5ccccc5C)o4)cc3)CC2)c1. The van der Waals surface area contributed by atoms with Gasteiger partial charge in [-0.1, -0.05) is 48.0 Å². The minimum atomic E-state index is -0.0418. The first-order valence-electron chi connectivity index (χ1n) is 12.1. The summed E-state index contributed by atoms with van der Waals surface area (Å²) < 4.78 is 5.89. The van der Waals surface area contributed by atoms with Crippen LogP contribution in [0.25, 0.3) is 22.9 Å². The molecule has 1 aromatic heterocycles. The molecule has 1 aliphatic rings. The summed E-state index contributed by atoms with van der Waals surface area (Å²) in [6, 6.07) is 24.1. The predicted octanol–water partition coefficient (Wildman–Crippen LogP) is 5.41. The van der Waals surface area contributed by atoms with Crippen LogP contribution in [0.2, 0.25) is 0 Å². The highest BCUT2D eigenvalue weighted by molar-refractivity contribution is 5.94. The largest absolute Gasteiger partial charge is 0.416 e. The molecule has 6 heteroatoms. The molecule has 5 rings (SSSR count). The summed E-state index contributed by atoms with van der Waals surface area (Å²) in [6.45, 7) is 7.07. The van der Waals surface area contributed by atoms with Gasteiger partial charge in [-0.2, -0.15) is 0 Å². The third-order valence-electron chi connectivity index (χ3n) is 6.61. The lowest BCUT2D eigenvalue weighted by Gasteiger charge is -2.32. The lowest BCUT2D eigenvalue weighted by molar-refractivity contribution is 0.0909. The number of nitrogens with zero attached hydrogens (tertiary/aromatic N) is 3. The summed E-state index contributed by atoms with van der Waals surface area (Å²) in [6.07, 6.45) is 1.92. The quantitative estimate of drug-likeness (QED) is 0.411. The number of hydrogen-bond donors (Lipinski definition) is 1. The number of nitrogens with one attached hydrogen (secondary N) is 1. The molecule has 0 aliphatic carbocycles. The number of carbonyl (C=O) groups excluding carboxylic acids is 1. The molecule has 0 atom stereocenters. The van der Waals surface area contributed by atoms with Crippen LogP contribution in [0.4, 0.5) is 0 Å². The van der Waals surface area contributed by atoms with E-state index in [9.17, 15) is 4.79 Å². The van der Waals surface area contributed by atoms with Crippen LogP contribution in [-0.2, 0) is 6.54 Å². The molecule has 2 heterocycles. The number of amides is 1. The van der Waals surface area contributed by atoms with Crippen molar-refractivity contribution < 1.29 is 9.21 Å². The average molecular weight is 467 g/mol. The van der Waals surface area contributed by atoms with Crippen molar-refractivity contribution in [1.82, 2.24) is 20.4 Å². The van der Waals surface area contributed by atoms with Crippen LogP contribution in [0.5, 0.6) is 0 Å². The normalized spacial score (nSPS) is 14.7. The van der Waals surface area contributed by atoms with Crippen LogP contribution >= 0.6 is 0 Å². The molecular formula is C29H30N4O2. The average Bonchev–Trinajstić information content (AvgIpc) is 3.36. The Kier molecular flexibility index (Phi) is 6.73. The molecule has 0 unspecified atom stereocenters. The second-order valence-corrected chi connectivity index (χ2v) is 9.32. The summed E-state index contributed by atoms with van der Waals surface area (Å²) in [5, 5.41) is 11.6. The molecule has 6 nitrogen and oxygen atoms in total. The number of piperidine rings is 1. The van der Waals surface area contributed by atoms with Gasteiger partial charge in [0.25, 0.3) is 5.91 Å². The van der Waals surface area contributed by atoms with E-state index in [1.807, 2.05) is 55.5 Å². The molecule has 0 bridgehead atoms. The Labute approximate surface area is 206 Å². The maximum atomic E-state index is 12.8. The fourth-order valence-electron chi connectivity index (χ4n) is 4.60. The van der Waals surface area contributed by atoms with E-state index < -0.39 is 0 Å². The van der Waals surface area contributed by atoms with Crippen molar-refractivity contribution in [1.29, 1.82) is 0 Å². The van der Waals surface area contributed by atoms with E-state index in [4.69, 9.17) is 4.42 Å². The molecule has 0 radical (unpaired) electrons. The predicted molar refractivity (Wildman–Crippen MR) is 137 cm³/mol. The molecule has 4 aromatic rings. The Morgan fingerprint density at radius 3 is 2.43 bits per heavy atom. The summed E-state index contributed by atoms with van der Waals surface area (Å²) >= 11 is 0. The van der Waals surface area contributed by atoms with Crippen LogP contribution in [-0.4, -0.2) is 40.1 Å². The highest BCUT2D eigenvalue weighted by Gasteiger charge is 2.21. The fraction of sp³-hybridized carbons (Fsp3) is 0.276. The first-order chi connectivity index (χ1) is 17.0. The van der Waals surface area contributed by atoms with E-state index in [0.29, 0.717) is 17.3 Å². The molecule has 35 heavy (non-hydrogen) atoms. The Hall–Kier alpha value is -3.77. The van der Waals surface area contributed by atoms with Crippen molar-refractivity contribution in [2.24, 2.45) is 0 Å². The van der Waals surface area contributed by atoms with Gasteiger partial charge in [0.05, 0.1) is 0 Å². The highest BCUT2D eigenvalue weighted by Crippen LogP contribution is 2.26. The molecule has 1 saturated heterocycles. The molecule has 1 amide bonds. The smallest absolute Gasteiger partial charge is 0.251 e. The number of carbonyl (C=O) groups is 1. The summed E-state index contributed by atoms with van der Waals surface area (Å²) in [4.78, 5) is 15.3. The second kappa shape index (κ2) is 10.2. The molecule has 3 aromatic carbocycles. The number of likely N-dealkylation sites (tertiary alicyclic amines) is 1. The Morgan fingerprint density at radius 1 is 0.943 bits per heavy atom. The van der Waals surface area contributed by atoms with Gasteiger partial charge in [0.15, 0.2) is 0 Å². The van der Waals surface area contributed by atoms with Crippen molar-refractivity contribution >= 4 is 5.91 Å². The van der Waals surface area contributed by atoms with Crippen molar-refractivity contribution in [3.63, 3.8) is 0 Å². The molecule has 1 aliphatic heterocycles. The molecular weight excluding hydrogens is 436 g/mol. The van der Waals surface area contributed by atoms with Gasteiger partial charge < -0.3 is 9.73 Å². The molecule has 1 fully saturated rings. The van der Waals surface area contributed by atoms with E-state index in [1.165, 1.54) is 11.1 Å². The Bertz CT molecular complexity index is 1300. The first kappa shape index (κ1) is 23.0. The van der Waals surface area contributed by atoms with Crippen LogP contribution in [0.15, 0.2) is 77.2 Å². The van der Waals surface area contributed by atoms with E-state index in [2.05, 4.69) is 51.6 Å². The zero-order valence-corrected chi connectivity index (χ0v) is 20.2. The lowest BCUT2D eigenvalue weighted by Crippen LogP contribution is -2.44. The van der Waals surface area contributed by atoms with Crippen molar-refractivity contribution in [2.45, 2.75) is 39.3 Å². The third-order valence-corrected chi connectivity index (χ3v) is 6.61. The van der Waals surface area contributed by atoms with Gasteiger partial charge in [0.1, 0.15) is 0 Å². The first-order valence-corrected chi connectivity index (χ1v) is 12.1. The van der Waals surface area contributed by atoms with Crippen LogP contribution in [0, 0.1) is 13.8 Å². The van der Waals surface area contributed by atoms with Gasteiger partial charge in [0, 0.05) is 42.4 Å². The summed E-state index contributed by atoms with van der Waals surface area (Å²) in [5.74, 6) is 0.893. The van der Waals surface area contributed by atoms with Gasteiger partial charge in [-0.25, -0.2) is 0 Å². The molecule has 178 valence electrons. The summed E-state index contributed by atoms with van der Waals surface area (Å²) in [5.41, 5.74) is 6.07. The van der Waals surface area contributed by atoms with Crippen LogP contribution < -0.4 is 5.32 Å². The van der Waals surface area contributed by atoms with Gasteiger partial charge in [-0.05, 0) is 68.1 Å². The molecule has 0 saturated carbocycles.